The Balaban J connectivity index is 2.25. The largest absolute Gasteiger partial charge is 0.466 e. The topological polar surface area (TPSA) is 26.3 Å². The molecule has 0 heterocycles. The molecule has 0 N–H and O–H groups in total. The fraction of sp³-hybridized carbons (Fsp3) is 0.625. The normalized spacial score (nSPS) is 29.3. The highest BCUT2D eigenvalue weighted by atomic mass is 16.5. The smallest absolute Gasteiger partial charge is 0.309 e. The van der Waals surface area contributed by atoms with Crippen molar-refractivity contribution in [1.29, 1.82) is 0 Å². The summed E-state index contributed by atoms with van der Waals surface area (Å²) in [6.45, 7) is 5.92. The summed E-state index contributed by atoms with van der Waals surface area (Å²) in [5.74, 6) is 0.448. The van der Waals surface area contributed by atoms with Crippen LogP contribution >= 0.6 is 0 Å². The molecule has 0 unspecified atom stereocenters. The Morgan fingerprint density at radius 1 is 1.90 bits per heavy atom. The zero-order chi connectivity index (χ0) is 7.56. The van der Waals surface area contributed by atoms with Gasteiger partial charge in [-0.05, 0) is 19.3 Å². The average molecular weight is 140 g/mol. The van der Waals surface area contributed by atoms with Gasteiger partial charge >= 0.3 is 5.97 Å². The van der Waals surface area contributed by atoms with E-state index in [0.29, 0.717) is 12.5 Å². The highest BCUT2D eigenvalue weighted by Crippen LogP contribution is 2.39. The highest BCUT2D eigenvalue weighted by molar-refractivity contribution is 5.76. The Morgan fingerprint density at radius 3 is 3.00 bits per heavy atom. The van der Waals surface area contributed by atoms with Crippen LogP contribution < -0.4 is 0 Å². The molecule has 10 heavy (non-hydrogen) atoms. The van der Waals surface area contributed by atoms with Crippen molar-refractivity contribution in [2.24, 2.45) is 11.8 Å². The van der Waals surface area contributed by atoms with Crippen LogP contribution in [0.4, 0.5) is 0 Å². The monoisotopic (exact) mass is 140 g/mol. The van der Waals surface area contributed by atoms with E-state index in [4.69, 9.17) is 4.74 Å². The maximum Gasteiger partial charge on any atom is 0.309 e. The van der Waals surface area contributed by atoms with Gasteiger partial charge in [-0.3, -0.25) is 4.79 Å². The molecule has 0 aliphatic heterocycles. The van der Waals surface area contributed by atoms with E-state index in [9.17, 15) is 4.79 Å². The average Bonchev–Trinajstić information content (AvgIpc) is 2.66. The van der Waals surface area contributed by atoms with Gasteiger partial charge in [0.05, 0.1) is 12.5 Å². The number of rotatable bonds is 3. The van der Waals surface area contributed by atoms with E-state index in [-0.39, 0.29) is 11.9 Å². The molecular weight excluding hydrogens is 128 g/mol. The summed E-state index contributed by atoms with van der Waals surface area (Å²) < 4.78 is 4.81. The maximum atomic E-state index is 10.9. The van der Waals surface area contributed by atoms with Crippen LogP contribution in [0.25, 0.3) is 0 Å². The quantitative estimate of drug-likeness (QED) is 0.437. The minimum absolute atomic E-state index is 0.0626. The molecule has 0 saturated heterocycles. The molecule has 56 valence electrons. The fourth-order valence-corrected chi connectivity index (χ4v) is 0.995. The van der Waals surface area contributed by atoms with Gasteiger partial charge in [0.15, 0.2) is 0 Å². The van der Waals surface area contributed by atoms with Crippen LogP contribution in [0.15, 0.2) is 12.7 Å². The highest BCUT2D eigenvalue weighted by Gasteiger charge is 2.41. The summed E-state index contributed by atoms with van der Waals surface area (Å²) in [4.78, 5) is 10.9. The predicted molar refractivity (Wildman–Crippen MR) is 38.4 cm³/mol. The van der Waals surface area contributed by atoms with Gasteiger partial charge in [-0.25, -0.2) is 0 Å². The van der Waals surface area contributed by atoms with E-state index in [0.717, 1.165) is 6.42 Å². The first-order valence-corrected chi connectivity index (χ1v) is 3.58. The molecule has 2 nitrogen and oxygen atoms in total. The molecule has 0 spiro atoms. The number of hydrogen-bond donors (Lipinski definition) is 0. The Labute approximate surface area is 60.9 Å². The number of esters is 1. The second-order valence-electron chi connectivity index (χ2n) is 2.49. The van der Waals surface area contributed by atoms with Gasteiger partial charge in [0.25, 0.3) is 0 Å². The molecule has 1 fully saturated rings. The van der Waals surface area contributed by atoms with Crippen LogP contribution in [0.2, 0.25) is 0 Å². The molecule has 0 aromatic heterocycles. The lowest BCUT2D eigenvalue weighted by atomic mass is 10.3. The third kappa shape index (κ3) is 1.38. The van der Waals surface area contributed by atoms with Crippen LogP contribution in [-0.4, -0.2) is 12.6 Å². The molecule has 0 bridgehead atoms. The van der Waals surface area contributed by atoms with Crippen molar-refractivity contribution in [3.8, 4) is 0 Å². The molecule has 0 aromatic rings. The number of carbonyl (C=O) groups excluding carboxylic acids is 1. The summed E-state index contributed by atoms with van der Waals surface area (Å²) in [7, 11) is 0. The molecule has 1 rings (SSSR count). The lowest BCUT2D eigenvalue weighted by Crippen LogP contribution is -2.06. The summed E-state index contributed by atoms with van der Waals surface area (Å²) >= 11 is 0. The Morgan fingerprint density at radius 2 is 2.60 bits per heavy atom. The lowest BCUT2D eigenvalue weighted by molar-refractivity contribution is -0.144. The minimum Gasteiger partial charge on any atom is -0.466 e. The van der Waals surface area contributed by atoms with Gasteiger partial charge in [-0.1, -0.05) is 6.08 Å². The van der Waals surface area contributed by atoms with E-state index in [1.165, 1.54) is 0 Å². The first-order chi connectivity index (χ1) is 4.79. The van der Waals surface area contributed by atoms with Gasteiger partial charge in [0, 0.05) is 0 Å². The number of ether oxygens (including phenoxy) is 1. The van der Waals surface area contributed by atoms with Crippen molar-refractivity contribution in [3.05, 3.63) is 12.7 Å². The van der Waals surface area contributed by atoms with E-state index >= 15 is 0 Å². The van der Waals surface area contributed by atoms with E-state index in [1.807, 2.05) is 13.0 Å². The second-order valence-corrected chi connectivity index (χ2v) is 2.49. The van der Waals surface area contributed by atoms with Gasteiger partial charge in [-0.15, -0.1) is 6.58 Å². The van der Waals surface area contributed by atoms with Crippen molar-refractivity contribution in [2.45, 2.75) is 13.3 Å². The van der Waals surface area contributed by atoms with Crippen LogP contribution in [0.3, 0.4) is 0 Å². The van der Waals surface area contributed by atoms with Crippen molar-refractivity contribution >= 4 is 5.97 Å². The summed E-state index contributed by atoms with van der Waals surface area (Å²) in [5, 5.41) is 0. The number of carbonyl (C=O) groups is 1. The summed E-state index contributed by atoms with van der Waals surface area (Å²) in [6, 6.07) is 0. The van der Waals surface area contributed by atoms with Gasteiger partial charge in [0.1, 0.15) is 0 Å². The minimum atomic E-state index is -0.0626. The van der Waals surface area contributed by atoms with Gasteiger partial charge in [0.2, 0.25) is 0 Å². The first kappa shape index (κ1) is 7.32. The fourth-order valence-electron chi connectivity index (χ4n) is 0.995. The Bertz CT molecular complexity index is 151. The number of allylic oxidation sites excluding steroid dienone is 1. The van der Waals surface area contributed by atoms with Crippen molar-refractivity contribution in [2.75, 3.05) is 6.61 Å². The Kier molecular flexibility index (Phi) is 2.10. The van der Waals surface area contributed by atoms with Gasteiger partial charge in [-0.2, -0.15) is 0 Å². The van der Waals surface area contributed by atoms with Crippen molar-refractivity contribution in [1.82, 2.24) is 0 Å². The standard InChI is InChI=1S/C8H12O2/c1-3-6-5-7(6)8(9)10-4-2/h3,6-7H,1,4-5H2,2H3/t6-,7-/m0/s1. The third-order valence-electron chi connectivity index (χ3n) is 1.73. The van der Waals surface area contributed by atoms with Gasteiger partial charge < -0.3 is 4.74 Å². The molecular formula is C8H12O2. The molecule has 1 aliphatic carbocycles. The molecule has 2 atom stereocenters. The van der Waals surface area contributed by atoms with Crippen LogP contribution in [0.1, 0.15) is 13.3 Å². The second kappa shape index (κ2) is 2.86. The first-order valence-electron chi connectivity index (χ1n) is 3.58. The van der Waals surface area contributed by atoms with Crippen LogP contribution in [0, 0.1) is 11.8 Å². The van der Waals surface area contributed by atoms with E-state index in [2.05, 4.69) is 6.58 Å². The predicted octanol–water partition coefficient (Wildman–Crippen LogP) is 1.37. The molecule has 0 radical (unpaired) electrons. The molecule has 0 aromatic carbocycles. The van der Waals surface area contributed by atoms with Crippen LogP contribution in [0.5, 0.6) is 0 Å². The zero-order valence-electron chi connectivity index (χ0n) is 6.17. The number of hydrogen-bond acceptors (Lipinski definition) is 2. The van der Waals surface area contributed by atoms with Crippen molar-refractivity contribution in [3.63, 3.8) is 0 Å². The molecule has 0 amide bonds. The molecule has 1 saturated carbocycles. The van der Waals surface area contributed by atoms with E-state index < -0.39 is 0 Å². The van der Waals surface area contributed by atoms with E-state index in [1.54, 1.807) is 0 Å². The lowest BCUT2D eigenvalue weighted by Gasteiger charge is -1.97. The van der Waals surface area contributed by atoms with Crippen LogP contribution in [-0.2, 0) is 9.53 Å². The molecule has 1 aliphatic rings. The molecule has 2 heteroatoms. The third-order valence-corrected chi connectivity index (χ3v) is 1.73. The zero-order valence-corrected chi connectivity index (χ0v) is 6.17. The Hall–Kier alpha value is -0.790. The summed E-state index contributed by atoms with van der Waals surface area (Å²) in [5.41, 5.74) is 0. The van der Waals surface area contributed by atoms with Crippen molar-refractivity contribution < 1.29 is 9.53 Å². The SMILES string of the molecule is C=C[C@H]1C[C@@H]1C(=O)OCC. The summed E-state index contributed by atoms with van der Waals surface area (Å²) in [6.07, 6.45) is 2.75. The maximum absolute atomic E-state index is 10.9.